The summed E-state index contributed by atoms with van der Waals surface area (Å²) in [5.74, 6) is 1.97. The van der Waals surface area contributed by atoms with E-state index in [9.17, 15) is 9.59 Å². The third-order valence-corrected chi connectivity index (χ3v) is 4.29. The average molecular weight is 344 g/mol. The van der Waals surface area contributed by atoms with Gasteiger partial charge < -0.3 is 4.90 Å². The number of imide groups is 1. The molecule has 0 unspecified atom stereocenters. The molecule has 1 heterocycles. The Morgan fingerprint density at radius 1 is 1.00 bits per heavy atom. The van der Waals surface area contributed by atoms with Gasteiger partial charge in [0.1, 0.15) is 5.70 Å². The highest BCUT2D eigenvalue weighted by atomic mass is 16.2. The van der Waals surface area contributed by atoms with Gasteiger partial charge in [-0.2, -0.15) is 0 Å². The molecule has 0 aliphatic carbocycles. The molecule has 0 N–H and O–H groups in total. The minimum Gasteiger partial charge on any atom is -0.351 e. The normalized spacial score (nSPS) is 13.5. The topological polar surface area (TPSA) is 40.6 Å². The van der Waals surface area contributed by atoms with E-state index in [1.54, 1.807) is 4.90 Å². The summed E-state index contributed by atoms with van der Waals surface area (Å²) >= 11 is 0. The maximum atomic E-state index is 12.8. The summed E-state index contributed by atoms with van der Waals surface area (Å²) in [5.41, 5.74) is 3.46. The Bertz CT molecular complexity index is 877. The zero-order valence-corrected chi connectivity index (χ0v) is 14.7. The SMILES string of the molecule is C#CCN(Cc1ccc(C)cc1)C1=CC(=O)N(Cc2ccccc2)C1=O. The van der Waals surface area contributed by atoms with Crippen molar-refractivity contribution in [1.29, 1.82) is 0 Å². The molecule has 0 atom stereocenters. The van der Waals surface area contributed by atoms with E-state index >= 15 is 0 Å². The summed E-state index contributed by atoms with van der Waals surface area (Å²) in [6.45, 7) is 3.02. The number of carbonyl (C=O) groups excluding carboxylic acids is 2. The molecular weight excluding hydrogens is 324 g/mol. The summed E-state index contributed by atoms with van der Waals surface area (Å²) in [6.07, 6.45) is 6.87. The minimum atomic E-state index is -0.306. The van der Waals surface area contributed by atoms with Crippen molar-refractivity contribution in [2.45, 2.75) is 20.0 Å². The van der Waals surface area contributed by atoms with Crippen LogP contribution in [0.2, 0.25) is 0 Å². The second kappa shape index (κ2) is 7.71. The molecule has 1 aliphatic heterocycles. The van der Waals surface area contributed by atoms with E-state index < -0.39 is 0 Å². The van der Waals surface area contributed by atoms with Gasteiger partial charge in [0.05, 0.1) is 13.1 Å². The summed E-state index contributed by atoms with van der Waals surface area (Å²) in [6, 6.07) is 17.5. The Labute approximate surface area is 153 Å². The monoisotopic (exact) mass is 344 g/mol. The zero-order chi connectivity index (χ0) is 18.5. The van der Waals surface area contributed by atoms with Crippen LogP contribution in [0.15, 0.2) is 66.4 Å². The zero-order valence-electron chi connectivity index (χ0n) is 14.7. The predicted molar refractivity (Wildman–Crippen MR) is 101 cm³/mol. The number of rotatable bonds is 6. The third kappa shape index (κ3) is 3.84. The number of aryl methyl sites for hydroxylation is 1. The van der Waals surface area contributed by atoms with Crippen LogP contribution in [0, 0.1) is 19.3 Å². The lowest BCUT2D eigenvalue weighted by molar-refractivity contribution is -0.138. The van der Waals surface area contributed by atoms with Crippen LogP contribution in [0.25, 0.3) is 0 Å². The van der Waals surface area contributed by atoms with Gasteiger partial charge >= 0.3 is 0 Å². The van der Waals surface area contributed by atoms with Crippen molar-refractivity contribution in [3.8, 4) is 12.3 Å². The first-order valence-corrected chi connectivity index (χ1v) is 8.44. The average Bonchev–Trinajstić information content (AvgIpc) is 2.92. The molecule has 2 aromatic rings. The fourth-order valence-electron chi connectivity index (χ4n) is 2.89. The van der Waals surface area contributed by atoms with Crippen molar-refractivity contribution in [3.05, 3.63) is 83.1 Å². The molecule has 2 aromatic carbocycles. The molecule has 3 rings (SSSR count). The van der Waals surface area contributed by atoms with Gasteiger partial charge in [0.15, 0.2) is 0 Å². The van der Waals surface area contributed by atoms with E-state index in [-0.39, 0.29) is 24.9 Å². The quantitative estimate of drug-likeness (QED) is 0.598. The highest BCUT2D eigenvalue weighted by molar-refractivity contribution is 6.15. The lowest BCUT2D eigenvalue weighted by Crippen LogP contribution is -2.34. The maximum Gasteiger partial charge on any atom is 0.277 e. The largest absolute Gasteiger partial charge is 0.351 e. The highest BCUT2D eigenvalue weighted by Gasteiger charge is 2.34. The molecule has 130 valence electrons. The number of benzene rings is 2. The Morgan fingerprint density at radius 3 is 2.35 bits per heavy atom. The molecule has 0 aromatic heterocycles. The fraction of sp³-hybridized carbons (Fsp3) is 0.182. The molecular formula is C22H20N2O2. The van der Waals surface area contributed by atoms with E-state index in [1.807, 2.05) is 61.5 Å². The lowest BCUT2D eigenvalue weighted by atomic mass is 10.1. The Balaban J connectivity index is 1.78. The maximum absolute atomic E-state index is 12.8. The molecule has 0 saturated carbocycles. The van der Waals surface area contributed by atoms with Crippen LogP contribution >= 0.6 is 0 Å². The molecule has 0 radical (unpaired) electrons. The number of amides is 2. The summed E-state index contributed by atoms with van der Waals surface area (Å²) < 4.78 is 0. The van der Waals surface area contributed by atoms with Crippen molar-refractivity contribution >= 4 is 11.8 Å². The lowest BCUT2D eigenvalue weighted by Gasteiger charge is -2.24. The van der Waals surface area contributed by atoms with Crippen molar-refractivity contribution in [3.63, 3.8) is 0 Å². The molecule has 0 spiro atoms. The smallest absolute Gasteiger partial charge is 0.277 e. The number of terminal acetylenes is 1. The Morgan fingerprint density at radius 2 is 1.69 bits per heavy atom. The minimum absolute atomic E-state index is 0.257. The van der Waals surface area contributed by atoms with Crippen molar-refractivity contribution < 1.29 is 9.59 Å². The fourth-order valence-corrected chi connectivity index (χ4v) is 2.89. The Kier molecular flexibility index (Phi) is 5.19. The van der Waals surface area contributed by atoms with Gasteiger partial charge in [-0.15, -0.1) is 6.42 Å². The van der Waals surface area contributed by atoms with Crippen LogP contribution in [0.5, 0.6) is 0 Å². The van der Waals surface area contributed by atoms with Crippen molar-refractivity contribution in [1.82, 2.24) is 9.80 Å². The number of hydrogen-bond donors (Lipinski definition) is 0. The molecule has 0 bridgehead atoms. The Hall–Kier alpha value is -3.32. The van der Waals surface area contributed by atoms with Crippen LogP contribution in [0.3, 0.4) is 0 Å². The van der Waals surface area contributed by atoms with Gasteiger partial charge in [-0.05, 0) is 18.1 Å². The van der Waals surface area contributed by atoms with Gasteiger partial charge in [0.2, 0.25) is 0 Å². The standard InChI is InChI=1S/C22H20N2O2/c1-3-13-23(15-19-11-9-17(2)10-12-19)20-14-21(25)24(22(20)26)16-18-7-5-4-6-8-18/h1,4-12,14H,13,15-16H2,2H3. The van der Waals surface area contributed by atoms with Gasteiger partial charge in [-0.1, -0.05) is 66.1 Å². The van der Waals surface area contributed by atoms with E-state index in [1.165, 1.54) is 11.0 Å². The van der Waals surface area contributed by atoms with Gasteiger partial charge in [-0.3, -0.25) is 14.5 Å². The molecule has 4 nitrogen and oxygen atoms in total. The van der Waals surface area contributed by atoms with Crippen LogP contribution in [0.1, 0.15) is 16.7 Å². The molecule has 26 heavy (non-hydrogen) atoms. The molecule has 4 heteroatoms. The first kappa shape index (κ1) is 17.5. The summed E-state index contributed by atoms with van der Waals surface area (Å²) in [7, 11) is 0. The van der Waals surface area contributed by atoms with Crippen LogP contribution in [-0.2, 0) is 22.7 Å². The highest BCUT2D eigenvalue weighted by Crippen LogP contribution is 2.21. The number of carbonyl (C=O) groups is 2. The summed E-state index contributed by atoms with van der Waals surface area (Å²) in [4.78, 5) is 28.2. The second-order valence-corrected chi connectivity index (χ2v) is 6.29. The van der Waals surface area contributed by atoms with Crippen molar-refractivity contribution in [2.24, 2.45) is 0 Å². The van der Waals surface area contributed by atoms with Gasteiger partial charge in [-0.25, -0.2) is 0 Å². The number of nitrogens with zero attached hydrogens (tertiary/aromatic N) is 2. The van der Waals surface area contributed by atoms with Crippen molar-refractivity contribution in [2.75, 3.05) is 6.54 Å². The van der Waals surface area contributed by atoms with E-state index in [0.29, 0.717) is 12.2 Å². The molecule has 2 amide bonds. The second-order valence-electron chi connectivity index (χ2n) is 6.29. The molecule has 1 aliphatic rings. The van der Waals surface area contributed by atoms with Crippen LogP contribution in [-0.4, -0.2) is 28.2 Å². The number of hydrogen-bond acceptors (Lipinski definition) is 3. The van der Waals surface area contributed by atoms with E-state index in [4.69, 9.17) is 6.42 Å². The third-order valence-electron chi connectivity index (χ3n) is 4.29. The first-order valence-electron chi connectivity index (χ1n) is 8.44. The van der Waals surface area contributed by atoms with Gasteiger partial charge in [0, 0.05) is 12.6 Å². The summed E-state index contributed by atoms with van der Waals surface area (Å²) in [5, 5.41) is 0. The first-order chi connectivity index (χ1) is 12.6. The molecule has 0 saturated heterocycles. The van der Waals surface area contributed by atoms with Gasteiger partial charge in [0.25, 0.3) is 11.8 Å². The molecule has 0 fully saturated rings. The van der Waals surface area contributed by atoms with E-state index in [0.717, 1.165) is 16.7 Å². The predicted octanol–water partition coefficient (Wildman–Crippen LogP) is 2.88. The van der Waals surface area contributed by atoms with Crippen LogP contribution in [0.4, 0.5) is 0 Å². The van der Waals surface area contributed by atoms with E-state index in [2.05, 4.69) is 5.92 Å². The van der Waals surface area contributed by atoms with Crippen LogP contribution < -0.4 is 0 Å².